The lowest BCUT2D eigenvalue weighted by Crippen LogP contribution is -2.32. The molecular formula is C21H19NO6S. The summed E-state index contributed by atoms with van der Waals surface area (Å²) in [5.74, 6) is 0.313. The van der Waals surface area contributed by atoms with E-state index in [1.165, 1.54) is 7.11 Å². The monoisotopic (exact) mass is 413 g/mol. The van der Waals surface area contributed by atoms with Gasteiger partial charge in [-0.25, -0.2) is 4.79 Å². The molecule has 3 rings (SSSR count). The van der Waals surface area contributed by atoms with E-state index in [0.29, 0.717) is 27.5 Å². The number of carbonyl (C=O) groups excluding carboxylic acids is 3. The average Bonchev–Trinajstić information content (AvgIpc) is 3.01. The number of para-hydroxylation sites is 2. The van der Waals surface area contributed by atoms with Crippen LogP contribution in [0.25, 0.3) is 6.08 Å². The number of esters is 1. The predicted molar refractivity (Wildman–Crippen MR) is 109 cm³/mol. The molecule has 8 heteroatoms. The summed E-state index contributed by atoms with van der Waals surface area (Å²) in [4.78, 5) is 37.7. The van der Waals surface area contributed by atoms with Gasteiger partial charge >= 0.3 is 5.97 Å². The Labute approximate surface area is 172 Å². The van der Waals surface area contributed by atoms with Gasteiger partial charge in [-0.1, -0.05) is 24.3 Å². The van der Waals surface area contributed by atoms with Crippen LogP contribution in [0.2, 0.25) is 0 Å². The quantitative estimate of drug-likeness (QED) is 0.507. The molecule has 0 spiro atoms. The van der Waals surface area contributed by atoms with Crippen LogP contribution >= 0.6 is 11.8 Å². The summed E-state index contributed by atoms with van der Waals surface area (Å²) in [5, 5.41) is -0.351. The van der Waals surface area contributed by atoms with Crippen molar-refractivity contribution in [3.05, 3.63) is 64.6 Å². The van der Waals surface area contributed by atoms with Crippen molar-refractivity contribution in [2.45, 2.75) is 0 Å². The van der Waals surface area contributed by atoms with Gasteiger partial charge < -0.3 is 14.2 Å². The molecule has 2 aromatic carbocycles. The molecule has 1 heterocycles. The predicted octanol–water partition coefficient (Wildman–Crippen LogP) is 3.60. The number of methoxy groups -OCH3 is 2. The largest absolute Gasteiger partial charge is 0.493 e. The fourth-order valence-corrected chi connectivity index (χ4v) is 3.53. The van der Waals surface area contributed by atoms with Crippen LogP contribution in [-0.4, -0.2) is 49.4 Å². The highest BCUT2D eigenvalue weighted by molar-refractivity contribution is 8.18. The van der Waals surface area contributed by atoms with E-state index in [1.807, 2.05) is 12.1 Å². The number of imide groups is 1. The van der Waals surface area contributed by atoms with E-state index >= 15 is 0 Å². The van der Waals surface area contributed by atoms with E-state index in [0.717, 1.165) is 16.7 Å². The van der Waals surface area contributed by atoms with Crippen molar-refractivity contribution in [1.29, 1.82) is 0 Å². The SMILES string of the molecule is COC(=O)c1ccc(/C=C2\SC(=O)N(CCOc3ccccc3OC)C2=O)cc1. The molecule has 0 N–H and O–H groups in total. The molecule has 1 saturated heterocycles. The highest BCUT2D eigenvalue weighted by atomic mass is 32.2. The summed E-state index contributed by atoms with van der Waals surface area (Å²) in [6, 6.07) is 13.7. The molecule has 0 saturated carbocycles. The number of rotatable bonds is 7. The maximum atomic E-state index is 12.6. The minimum absolute atomic E-state index is 0.126. The van der Waals surface area contributed by atoms with Crippen LogP contribution in [-0.2, 0) is 9.53 Å². The first-order chi connectivity index (χ1) is 14.0. The molecule has 1 aliphatic rings. The third kappa shape index (κ3) is 4.78. The zero-order chi connectivity index (χ0) is 20.8. The van der Waals surface area contributed by atoms with E-state index in [4.69, 9.17) is 9.47 Å². The molecule has 0 atom stereocenters. The van der Waals surface area contributed by atoms with E-state index in [2.05, 4.69) is 4.74 Å². The molecule has 0 radical (unpaired) electrons. The van der Waals surface area contributed by atoms with Gasteiger partial charge in [0.15, 0.2) is 11.5 Å². The van der Waals surface area contributed by atoms with Crippen LogP contribution in [0.1, 0.15) is 15.9 Å². The van der Waals surface area contributed by atoms with E-state index in [9.17, 15) is 14.4 Å². The van der Waals surface area contributed by atoms with Crippen LogP contribution in [0.4, 0.5) is 4.79 Å². The normalized spacial score (nSPS) is 15.0. The number of ether oxygens (including phenoxy) is 3. The van der Waals surface area contributed by atoms with Crippen LogP contribution < -0.4 is 9.47 Å². The fourth-order valence-electron chi connectivity index (χ4n) is 2.66. The third-order valence-corrected chi connectivity index (χ3v) is 5.05. The zero-order valence-electron chi connectivity index (χ0n) is 15.9. The lowest BCUT2D eigenvalue weighted by atomic mass is 10.1. The van der Waals surface area contributed by atoms with E-state index in [1.54, 1.807) is 49.6 Å². The first-order valence-electron chi connectivity index (χ1n) is 8.73. The van der Waals surface area contributed by atoms with Gasteiger partial charge in [0.1, 0.15) is 6.61 Å². The van der Waals surface area contributed by atoms with Gasteiger partial charge in [-0.3, -0.25) is 14.5 Å². The molecule has 0 bridgehead atoms. The summed E-state index contributed by atoms with van der Waals surface area (Å²) in [6.45, 7) is 0.279. The van der Waals surface area contributed by atoms with E-state index < -0.39 is 5.97 Å². The first-order valence-corrected chi connectivity index (χ1v) is 9.54. The van der Waals surface area contributed by atoms with Gasteiger partial charge in [-0.15, -0.1) is 0 Å². The number of hydrogen-bond acceptors (Lipinski definition) is 7. The molecule has 1 aliphatic heterocycles. The average molecular weight is 413 g/mol. The Bertz CT molecular complexity index is 954. The molecule has 2 aromatic rings. The highest BCUT2D eigenvalue weighted by Crippen LogP contribution is 2.32. The van der Waals surface area contributed by atoms with Crippen molar-refractivity contribution < 1.29 is 28.6 Å². The van der Waals surface area contributed by atoms with Gasteiger partial charge in [-0.05, 0) is 47.7 Å². The summed E-state index contributed by atoms with van der Waals surface area (Å²) in [5.41, 5.74) is 1.11. The van der Waals surface area contributed by atoms with Crippen molar-refractivity contribution in [3.63, 3.8) is 0 Å². The molecular weight excluding hydrogens is 394 g/mol. The summed E-state index contributed by atoms with van der Waals surface area (Å²) in [6.07, 6.45) is 1.62. The molecule has 2 amide bonds. The Morgan fingerprint density at radius 3 is 2.38 bits per heavy atom. The smallest absolute Gasteiger partial charge is 0.337 e. The van der Waals surface area contributed by atoms with Crippen molar-refractivity contribution in [3.8, 4) is 11.5 Å². The maximum absolute atomic E-state index is 12.6. The van der Waals surface area contributed by atoms with Crippen LogP contribution in [0.3, 0.4) is 0 Å². The second-order valence-corrected chi connectivity index (χ2v) is 6.94. The van der Waals surface area contributed by atoms with Gasteiger partial charge in [0, 0.05) is 0 Å². The van der Waals surface area contributed by atoms with Crippen LogP contribution in [0.15, 0.2) is 53.4 Å². The van der Waals surface area contributed by atoms with Crippen molar-refractivity contribution >= 4 is 35.0 Å². The fraction of sp³-hybridized carbons (Fsp3) is 0.190. The van der Waals surface area contributed by atoms with E-state index in [-0.39, 0.29) is 24.3 Å². The topological polar surface area (TPSA) is 82.1 Å². The molecule has 1 fully saturated rings. The second kappa shape index (κ2) is 9.29. The van der Waals surface area contributed by atoms with Crippen molar-refractivity contribution in [2.75, 3.05) is 27.4 Å². The molecule has 0 aliphatic carbocycles. The lowest BCUT2D eigenvalue weighted by molar-refractivity contribution is -0.123. The number of nitrogens with zero attached hydrogens (tertiary/aromatic N) is 1. The Balaban J connectivity index is 1.63. The summed E-state index contributed by atoms with van der Waals surface area (Å²) >= 11 is 0.872. The van der Waals surface area contributed by atoms with Crippen molar-refractivity contribution in [1.82, 2.24) is 4.90 Å². The van der Waals surface area contributed by atoms with Gasteiger partial charge in [0.2, 0.25) is 0 Å². The number of carbonyl (C=O) groups is 3. The minimum atomic E-state index is -0.438. The van der Waals surface area contributed by atoms with Gasteiger partial charge in [0.25, 0.3) is 11.1 Å². The lowest BCUT2D eigenvalue weighted by Gasteiger charge is -2.14. The second-order valence-electron chi connectivity index (χ2n) is 5.95. The molecule has 150 valence electrons. The van der Waals surface area contributed by atoms with Gasteiger partial charge in [0.05, 0.1) is 31.2 Å². The van der Waals surface area contributed by atoms with Crippen LogP contribution in [0.5, 0.6) is 11.5 Å². The van der Waals surface area contributed by atoms with Crippen LogP contribution in [0, 0.1) is 0 Å². The first kappa shape index (κ1) is 20.5. The zero-order valence-corrected chi connectivity index (χ0v) is 16.7. The number of amides is 2. The molecule has 7 nitrogen and oxygen atoms in total. The number of hydrogen-bond donors (Lipinski definition) is 0. The Kier molecular flexibility index (Phi) is 6.56. The number of benzene rings is 2. The standard InChI is InChI=1S/C21H19NO6S/c1-26-16-5-3-4-6-17(16)28-12-11-22-19(23)18(29-21(22)25)13-14-7-9-15(10-8-14)20(24)27-2/h3-10,13H,11-12H2,1-2H3/b18-13-. The Hall–Kier alpha value is -3.26. The summed E-state index contributed by atoms with van der Waals surface area (Å²) in [7, 11) is 2.85. The molecule has 0 aromatic heterocycles. The molecule has 0 unspecified atom stereocenters. The third-order valence-electron chi connectivity index (χ3n) is 4.14. The summed E-state index contributed by atoms with van der Waals surface area (Å²) < 4.78 is 15.5. The number of thioether (sulfide) groups is 1. The highest BCUT2D eigenvalue weighted by Gasteiger charge is 2.34. The Morgan fingerprint density at radius 1 is 1.03 bits per heavy atom. The Morgan fingerprint density at radius 2 is 1.72 bits per heavy atom. The van der Waals surface area contributed by atoms with Crippen molar-refractivity contribution in [2.24, 2.45) is 0 Å². The minimum Gasteiger partial charge on any atom is -0.493 e. The molecule has 29 heavy (non-hydrogen) atoms. The van der Waals surface area contributed by atoms with Gasteiger partial charge in [-0.2, -0.15) is 0 Å². The maximum Gasteiger partial charge on any atom is 0.337 e.